The van der Waals surface area contributed by atoms with Gasteiger partial charge in [0.1, 0.15) is 0 Å². The topological polar surface area (TPSA) is 20.2 Å². The van der Waals surface area contributed by atoms with Gasteiger partial charge >= 0.3 is 0 Å². The largest absolute Gasteiger partial charge is 0.392 e. The van der Waals surface area contributed by atoms with Crippen molar-refractivity contribution in [3.8, 4) is 0 Å². The van der Waals surface area contributed by atoms with Gasteiger partial charge in [-0.2, -0.15) is 0 Å². The summed E-state index contributed by atoms with van der Waals surface area (Å²) in [7, 11) is 0. The molecule has 1 aliphatic rings. The highest BCUT2D eigenvalue weighted by Crippen LogP contribution is 2.30. The van der Waals surface area contributed by atoms with E-state index in [0.29, 0.717) is 5.92 Å². The SMILES string of the molecule is CC[C@H]1CCC[C@@H](O)[C@@H]1Cl. The van der Waals surface area contributed by atoms with E-state index in [4.69, 9.17) is 11.6 Å². The number of alkyl halides is 1. The lowest BCUT2D eigenvalue weighted by atomic mass is 9.85. The minimum Gasteiger partial charge on any atom is -0.392 e. The first-order chi connectivity index (χ1) is 4.75. The summed E-state index contributed by atoms with van der Waals surface area (Å²) in [4.78, 5) is 0. The normalized spacial score (nSPS) is 41.7. The Kier molecular flexibility index (Phi) is 2.99. The molecule has 60 valence electrons. The summed E-state index contributed by atoms with van der Waals surface area (Å²) in [5, 5.41) is 9.36. The second kappa shape index (κ2) is 3.59. The molecular formula is C8H15ClO. The van der Waals surface area contributed by atoms with Gasteiger partial charge in [-0.15, -0.1) is 11.6 Å². The first-order valence-electron chi connectivity index (χ1n) is 4.07. The van der Waals surface area contributed by atoms with Crippen LogP contribution in [0.3, 0.4) is 0 Å². The number of aliphatic hydroxyl groups is 1. The smallest absolute Gasteiger partial charge is 0.0706 e. The van der Waals surface area contributed by atoms with Gasteiger partial charge in [-0.1, -0.05) is 19.8 Å². The van der Waals surface area contributed by atoms with Crippen LogP contribution in [0, 0.1) is 5.92 Å². The van der Waals surface area contributed by atoms with Crippen LogP contribution in [0.1, 0.15) is 32.6 Å². The van der Waals surface area contributed by atoms with Gasteiger partial charge in [0.2, 0.25) is 0 Å². The molecule has 0 aromatic carbocycles. The zero-order valence-corrected chi connectivity index (χ0v) is 7.14. The Balaban J connectivity index is 2.42. The number of hydrogen-bond acceptors (Lipinski definition) is 1. The first kappa shape index (κ1) is 8.35. The summed E-state index contributed by atoms with van der Waals surface area (Å²) in [6.07, 6.45) is 4.08. The fourth-order valence-corrected chi connectivity index (χ4v) is 2.08. The van der Waals surface area contributed by atoms with Crippen LogP contribution in [0.5, 0.6) is 0 Å². The van der Waals surface area contributed by atoms with Crippen LogP contribution in [-0.4, -0.2) is 16.6 Å². The van der Waals surface area contributed by atoms with Crippen molar-refractivity contribution in [1.29, 1.82) is 0 Å². The molecule has 1 N–H and O–H groups in total. The van der Waals surface area contributed by atoms with Crippen molar-refractivity contribution in [2.24, 2.45) is 5.92 Å². The fourth-order valence-electron chi connectivity index (χ4n) is 1.65. The summed E-state index contributed by atoms with van der Waals surface area (Å²) in [6, 6.07) is 0. The fraction of sp³-hybridized carbons (Fsp3) is 1.00. The van der Waals surface area contributed by atoms with Crippen LogP contribution in [0.4, 0.5) is 0 Å². The monoisotopic (exact) mass is 162 g/mol. The molecule has 1 nitrogen and oxygen atoms in total. The molecule has 1 rings (SSSR count). The lowest BCUT2D eigenvalue weighted by Crippen LogP contribution is -2.32. The van der Waals surface area contributed by atoms with Gasteiger partial charge in [0.25, 0.3) is 0 Å². The molecule has 0 saturated heterocycles. The Labute approximate surface area is 67.4 Å². The van der Waals surface area contributed by atoms with Crippen LogP contribution in [-0.2, 0) is 0 Å². The molecule has 0 heterocycles. The van der Waals surface area contributed by atoms with E-state index < -0.39 is 0 Å². The number of aliphatic hydroxyl groups excluding tert-OH is 1. The number of hydrogen-bond donors (Lipinski definition) is 1. The van der Waals surface area contributed by atoms with E-state index in [1.165, 1.54) is 6.42 Å². The van der Waals surface area contributed by atoms with Gasteiger partial charge in [0, 0.05) is 0 Å². The van der Waals surface area contributed by atoms with Crippen LogP contribution in [0.25, 0.3) is 0 Å². The zero-order valence-electron chi connectivity index (χ0n) is 6.39. The molecule has 0 aromatic heterocycles. The van der Waals surface area contributed by atoms with Crippen LogP contribution in [0.15, 0.2) is 0 Å². The lowest BCUT2D eigenvalue weighted by molar-refractivity contribution is 0.105. The summed E-state index contributed by atoms with van der Waals surface area (Å²) < 4.78 is 0. The Morgan fingerprint density at radius 3 is 2.70 bits per heavy atom. The molecule has 2 heteroatoms. The minimum atomic E-state index is -0.250. The summed E-state index contributed by atoms with van der Waals surface area (Å²) in [5.74, 6) is 0.547. The molecule has 0 amide bonds. The Hall–Kier alpha value is 0.250. The van der Waals surface area contributed by atoms with Gasteiger partial charge < -0.3 is 5.11 Å². The van der Waals surface area contributed by atoms with E-state index >= 15 is 0 Å². The predicted molar refractivity (Wildman–Crippen MR) is 43.3 cm³/mol. The van der Waals surface area contributed by atoms with Gasteiger partial charge in [0.05, 0.1) is 11.5 Å². The molecule has 0 bridgehead atoms. The third-order valence-corrected chi connectivity index (χ3v) is 3.06. The standard InChI is InChI=1S/C8H15ClO/c1-2-6-4-3-5-7(10)8(6)9/h6-8,10H,2-5H2,1H3/t6-,7+,8+/m0/s1. The average Bonchev–Trinajstić information content (AvgIpc) is 1.95. The summed E-state index contributed by atoms with van der Waals surface area (Å²) >= 11 is 5.98. The summed E-state index contributed by atoms with van der Waals surface area (Å²) in [6.45, 7) is 2.14. The van der Waals surface area contributed by atoms with E-state index in [-0.39, 0.29) is 11.5 Å². The van der Waals surface area contributed by atoms with Crippen molar-refractivity contribution in [1.82, 2.24) is 0 Å². The van der Waals surface area contributed by atoms with E-state index in [2.05, 4.69) is 6.92 Å². The van der Waals surface area contributed by atoms with Crippen LogP contribution < -0.4 is 0 Å². The Morgan fingerprint density at radius 1 is 1.50 bits per heavy atom. The van der Waals surface area contributed by atoms with Gasteiger partial charge in [-0.3, -0.25) is 0 Å². The quantitative estimate of drug-likeness (QED) is 0.586. The minimum absolute atomic E-state index is 0.0127. The number of rotatable bonds is 1. The van der Waals surface area contributed by atoms with Crippen LogP contribution >= 0.6 is 11.6 Å². The highest BCUT2D eigenvalue weighted by molar-refractivity contribution is 6.21. The van der Waals surface area contributed by atoms with Crippen LogP contribution in [0.2, 0.25) is 0 Å². The molecule has 1 saturated carbocycles. The highest BCUT2D eigenvalue weighted by Gasteiger charge is 2.28. The van der Waals surface area contributed by atoms with E-state index in [9.17, 15) is 5.11 Å². The maximum atomic E-state index is 9.35. The molecule has 0 radical (unpaired) electrons. The number of halogens is 1. The zero-order chi connectivity index (χ0) is 7.56. The molecule has 0 unspecified atom stereocenters. The molecule has 0 aliphatic heterocycles. The highest BCUT2D eigenvalue weighted by atomic mass is 35.5. The molecule has 1 aliphatic carbocycles. The molecule has 0 aromatic rings. The predicted octanol–water partition coefficient (Wildman–Crippen LogP) is 2.16. The van der Waals surface area contributed by atoms with Crippen molar-refractivity contribution in [3.05, 3.63) is 0 Å². The molecule has 10 heavy (non-hydrogen) atoms. The summed E-state index contributed by atoms with van der Waals surface area (Å²) in [5.41, 5.74) is 0. The van der Waals surface area contributed by atoms with Gasteiger partial charge in [-0.05, 0) is 18.8 Å². The van der Waals surface area contributed by atoms with Crippen molar-refractivity contribution in [3.63, 3.8) is 0 Å². The van der Waals surface area contributed by atoms with E-state index in [0.717, 1.165) is 19.3 Å². The van der Waals surface area contributed by atoms with Gasteiger partial charge in [0.15, 0.2) is 0 Å². The molecule has 0 spiro atoms. The Bertz CT molecular complexity index is 105. The second-order valence-electron chi connectivity index (χ2n) is 3.11. The third-order valence-electron chi connectivity index (χ3n) is 2.42. The van der Waals surface area contributed by atoms with Crippen molar-refractivity contribution in [2.75, 3.05) is 0 Å². The van der Waals surface area contributed by atoms with Crippen molar-refractivity contribution in [2.45, 2.75) is 44.1 Å². The molecule has 1 fully saturated rings. The van der Waals surface area contributed by atoms with E-state index in [1.807, 2.05) is 0 Å². The maximum absolute atomic E-state index is 9.35. The second-order valence-corrected chi connectivity index (χ2v) is 3.61. The lowest BCUT2D eigenvalue weighted by Gasteiger charge is -2.30. The first-order valence-corrected chi connectivity index (χ1v) is 4.51. The molecular weight excluding hydrogens is 148 g/mol. The maximum Gasteiger partial charge on any atom is 0.0706 e. The van der Waals surface area contributed by atoms with Gasteiger partial charge in [-0.25, -0.2) is 0 Å². The average molecular weight is 163 g/mol. The third kappa shape index (κ3) is 1.64. The Morgan fingerprint density at radius 2 is 2.20 bits per heavy atom. The molecule has 3 atom stereocenters. The van der Waals surface area contributed by atoms with E-state index in [1.54, 1.807) is 0 Å². The van der Waals surface area contributed by atoms with Crippen molar-refractivity contribution >= 4 is 11.6 Å². The van der Waals surface area contributed by atoms with Crippen molar-refractivity contribution < 1.29 is 5.11 Å².